The van der Waals surface area contributed by atoms with E-state index < -0.39 is 0 Å². The molecule has 0 bridgehead atoms. The molecule has 1 aliphatic rings. The minimum Gasteiger partial charge on any atom is -1.00 e. The van der Waals surface area contributed by atoms with Gasteiger partial charge in [0.2, 0.25) is 0 Å². The van der Waals surface area contributed by atoms with Crippen molar-refractivity contribution in [1.29, 1.82) is 0 Å². The molecule has 1 saturated heterocycles. The lowest BCUT2D eigenvalue weighted by atomic mass is 10.3. The van der Waals surface area contributed by atoms with E-state index in [1.165, 1.54) is 32.7 Å². The number of nitrogens with zero attached hydrogens (tertiary/aromatic N) is 2. The Morgan fingerprint density at radius 2 is 1.85 bits per heavy atom. The molecule has 0 aliphatic carbocycles. The van der Waals surface area contributed by atoms with Gasteiger partial charge in [-0.2, -0.15) is 0 Å². The Morgan fingerprint density at radius 1 is 1.23 bits per heavy atom. The number of halogens is 1. The molecule has 0 radical (unpaired) electrons. The normalized spacial score (nSPS) is 19.8. The molecule has 0 aromatic heterocycles. The van der Waals surface area contributed by atoms with Crippen molar-refractivity contribution in [3.8, 4) is 0 Å². The van der Waals surface area contributed by atoms with Gasteiger partial charge < -0.3 is 22.2 Å². The minimum atomic E-state index is 0. The number of piperazine rings is 1. The molecule has 0 aromatic rings. The summed E-state index contributed by atoms with van der Waals surface area (Å²) in [5.74, 6) is 5.19. The van der Waals surface area contributed by atoms with Crippen molar-refractivity contribution in [2.24, 2.45) is 5.84 Å². The third-order valence-corrected chi connectivity index (χ3v) is 2.39. The third-order valence-electron chi connectivity index (χ3n) is 2.39. The summed E-state index contributed by atoms with van der Waals surface area (Å²) < 4.78 is 0. The van der Waals surface area contributed by atoms with Crippen LogP contribution in [0.5, 0.6) is 0 Å². The van der Waals surface area contributed by atoms with E-state index in [2.05, 4.69) is 22.3 Å². The topological polar surface area (TPSA) is 44.5 Å². The van der Waals surface area contributed by atoms with Crippen molar-refractivity contribution in [1.82, 2.24) is 15.2 Å². The van der Waals surface area contributed by atoms with E-state index in [9.17, 15) is 0 Å². The predicted octanol–water partition coefficient (Wildman–Crippen LogP) is -3.91. The van der Waals surface area contributed by atoms with E-state index in [4.69, 9.17) is 5.84 Å². The number of nitrogens with two attached hydrogens (primary N) is 1. The summed E-state index contributed by atoms with van der Waals surface area (Å²) in [6.07, 6.45) is 1.15. The van der Waals surface area contributed by atoms with Crippen LogP contribution in [0.3, 0.4) is 0 Å². The van der Waals surface area contributed by atoms with Crippen LogP contribution >= 0.6 is 0 Å². The number of hydrogen-bond donors (Lipinski definition) is 2. The average molecular weight is 208 g/mol. The standard InChI is InChI=1S/C8H20N4.ClH/c1-11-5-7-12(8-6-11)4-2-3-10-9;/h10H,2-9H2,1H3;1H/p-1. The summed E-state index contributed by atoms with van der Waals surface area (Å²) in [4.78, 5) is 4.87. The molecule has 0 atom stereocenters. The maximum absolute atomic E-state index is 5.19. The van der Waals surface area contributed by atoms with Crippen LogP contribution < -0.4 is 23.7 Å². The molecule has 5 heteroatoms. The predicted molar refractivity (Wildman–Crippen MR) is 50.7 cm³/mol. The Morgan fingerprint density at radius 3 is 2.38 bits per heavy atom. The van der Waals surface area contributed by atoms with Crippen molar-refractivity contribution >= 4 is 0 Å². The van der Waals surface area contributed by atoms with Gasteiger partial charge in [-0.25, -0.2) is 0 Å². The van der Waals surface area contributed by atoms with Crippen molar-refractivity contribution in [3.05, 3.63) is 0 Å². The summed E-state index contributed by atoms with van der Waals surface area (Å²) >= 11 is 0. The zero-order valence-electron chi connectivity index (χ0n) is 8.30. The second-order valence-electron chi connectivity index (χ2n) is 3.45. The molecule has 1 aliphatic heterocycles. The molecule has 0 unspecified atom stereocenters. The minimum absolute atomic E-state index is 0. The van der Waals surface area contributed by atoms with Gasteiger partial charge in [-0.05, 0) is 20.0 Å². The molecule has 4 nitrogen and oxygen atoms in total. The maximum atomic E-state index is 5.19. The number of hydrogen-bond acceptors (Lipinski definition) is 4. The molecular formula is C8H20ClN4-. The summed E-state index contributed by atoms with van der Waals surface area (Å²) in [6, 6.07) is 0. The first-order chi connectivity index (χ1) is 5.83. The molecule has 1 rings (SSSR count). The van der Waals surface area contributed by atoms with Crippen LogP contribution in [0.2, 0.25) is 0 Å². The van der Waals surface area contributed by atoms with E-state index in [1.54, 1.807) is 0 Å². The fourth-order valence-corrected chi connectivity index (χ4v) is 1.48. The van der Waals surface area contributed by atoms with Gasteiger partial charge in [0.1, 0.15) is 0 Å². The summed E-state index contributed by atoms with van der Waals surface area (Å²) in [6.45, 7) is 6.93. The summed E-state index contributed by atoms with van der Waals surface area (Å²) in [5, 5.41) is 0. The Balaban J connectivity index is 0.00000144. The monoisotopic (exact) mass is 207 g/mol. The lowest BCUT2D eigenvalue weighted by Gasteiger charge is -2.32. The highest BCUT2D eigenvalue weighted by Crippen LogP contribution is 1.98. The van der Waals surface area contributed by atoms with Gasteiger partial charge >= 0.3 is 0 Å². The molecular weight excluding hydrogens is 188 g/mol. The smallest absolute Gasteiger partial charge is 0.0110 e. The Bertz CT molecular complexity index is 115. The first-order valence-electron chi connectivity index (χ1n) is 4.67. The van der Waals surface area contributed by atoms with Gasteiger partial charge in [-0.15, -0.1) is 0 Å². The molecule has 0 amide bonds. The van der Waals surface area contributed by atoms with Crippen molar-refractivity contribution in [2.75, 3.05) is 46.3 Å². The fraction of sp³-hybridized carbons (Fsp3) is 1.00. The quantitative estimate of drug-likeness (QED) is 0.281. The molecule has 80 valence electrons. The molecule has 0 spiro atoms. The van der Waals surface area contributed by atoms with Crippen LogP contribution in [0.15, 0.2) is 0 Å². The van der Waals surface area contributed by atoms with Gasteiger partial charge in [-0.1, -0.05) is 0 Å². The van der Waals surface area contributed by atoms with Gasteiger partial charge in [0.25, 0.3) is 0 Å². The summed E-state index contributed by atoms with van der Waals surface area (Å²) in [5.41, 5.74) is 2.68. The van der Waals surface area contributed by atoms with Crippen LogP contribution in [0.4, 0.5) is 0 Å². The van der Waals surface area contributed by atoms with Crippen molar-refractivity contribution in [2.45, 2.75) is 6.42 Å². The van der Waals surface area contributed by atoms with Crippen molar-refractivity contribution in [3.63, 3.8) is 0 Å². The number of hydrazine groups is 1. The maximum Gasteiger partial charge on any atom is 0.0110 e. The number of nitrogens with one attached hydrogen (secondary N) is 1. The van der Waals surface area contributed by atoms with E-state index in [0.29, 0.717) is 0 Å². The Labute approximate surface area is 86.8 Å². The van der Waals surface area contributed by atoms with Crippen LogP contribution in [-0.2, 0) is 0 Å². The fourth-order valence-electron chi connectivity index (χ4n) is 1.48. The number of rotatable bonds is 4. The first-order valence-corrected chi connectivity index (χ1v) is 4.67. The average Bonchev–Trinajstić information content (AvgIpc) is 2.09. The second kappa shape index (κ2) is 7.53. The van der Waals surface area contributed by atoms with E-state index in [1.807, 2.05) is 0 Å². The van der Waals surface area contributed by atoms with Crippen molar-refractivity contribution < 1.29 is 12.4 Å². The van der Waals surface area contributed by atoms with E-state index in [-0.39, 0.29) is 12.4 Å². The van der Waals surface area contributed by atoms with Gasteiger partial charge in [0.05, 0.1) is 0 Å². The van der Waals surface area contributed by atoms with Gasteiger partial charge in [0.15, 0.2) is 0 Å². The molecule has 1 fully saturated rings. The summed E-state index contributed by atoms with van der Waals surface area (Å²) in [7, 11) is 2.18. The molecule has 0 aromatic carbocycles. The zero-order valence-corrected chi connectivity index (χ0v) is 9.06. The van der Waals surface area contributed by atoms with Crippen LogP contribution in [-0.4, -0.2) is 56.1 Å². The molecule has 0 saturated carbocycles. The Kier molecular flexibility index (Phi) is 7.60. The third kappa shape index (κ3) is 5.44. The highest BCUT2D eigenvalue weighted by molar-refractivity contribution is 4.68. The van der Waals surface area contributed by atoms with Gasteiger partial charge in [-0.3, -0.25) is 11.3 Å². The Hall–Kier alpha value is 0.130. The second-order valence-corrected chi connectivity index (χ2v) is 3.45. The number of likely N-dealkylation sites (N-methyl/N-ethyl adjacent to an activating group) is 1. The van der Waals surface area contributed by atoms with Gasteiger partial charge in [0, 0.05) is 32.7 Å². The highest BCUT2D eigenvalue weighted by Gasteiger charge is 2.12. The highest BCUT2D eigenvalue weighted by atomic mass is 35.5. The molecule has 1 heterocycles. The zero-order chi connectivity index (χ0) is 8.81. The lowest BCUT2D eigenvalue weighted by Crippen LogP contribution is -3.00. The molecule has 13 heavy (non-hydrogen) atoms. The van der Waals surface area contributed by atoms with E-state index in [0.717, 1.165) is 13.0 Å². The molecule has 3 N–H and O–H groups in total. The van der Waals surface area contributed by atoms with Crippen LogP contribution in [0.1, 0.15) is 6.42 Å². The SMILES string of the molecule is CN1CCN(CCCNN)CC1.[Cl-]. The van der Waals surface area contributed by atoms with Crippen LogP contribution in [0, 0.1) is 0 Å². The van der Waals surface area contributed by atoms with Crippen LogP contribution in [0.25, 0.3) is 0 Å². The largest absolute Gasteiger partial charge is 1.00 e. The van der Waals surface area contributed by atoms with E-state index >= 15 is 0 Å². The lowest BCUT2D eigenvalue weighted by molar-refractivity contribution is -0.00000274. The first kappa shape index (κ1) is 13.1.